The number of fused-ring (bicyclic) bond motifs is 1. The van der Waals surface area contributed by atoms with Gasteiger partial charge in [0.1, 0.15) is 17.9 Å². The maximum atomic E-state index is 13.9. The van der Waals surface area contributed by atoms with Crippen LogP contribution < -0.4 is 15.0 Å². The van der Waals surface area contributed by atoms with Gasteiger partial charge in [-0.25, -0.2) is 18.1 Å². The summed E-state index contributed by atoms with van der Waals surface area (Å²) >= 11 is 0. The number of esters is 1. The summed E-state index contributed by atoms with van der Waals surface area (Å²) < 4.78 is 43.8. The molecule has 0 unspecified atom stereocenters. The standard InChI is InChI=1S/C22H15F2N3O5/c1-30-17-6-3-12(22(29)31-2)9-14(17)20-16-5-8-19(26-27(16)11-25-21(20)28)32-18-7-4-13(23)10-15(18)24/h3-11H,1-2H3. The second-order valence-corrected chi connectivity index (χ2v) is 6.51. The summed E-state index contributed by atoms with van der Waals surface area (Å²) in [5, 5.41) is 4.19. The second-order valence-electron chi connectivity index (χ2n) is 6.51. The highest BCUT2D eigenvalue weighted by molar-refractivity contribution is 5.93. The lowest BCUT2D eigenvalue weighted by Crippen LogP contribution is -2.14. The molecule has 4 rings (SSSR count). The fourth-order valence-corrected chi connectivity index (χ4v) is 3.11. The summed E-state index contributed by atoms with van der Waals surface area (Å²) in [7, 11) is 2.67. The minimum atomic E-state index is -0.894. The van der Waals surface area contributed by atoms with Crippen LogP contribution >= 0.6 is 0 Å². The van der Waals surface area contributed by atoms with E-state index in [0.29, 0.717) is 22.9 Å². The molecule has 0 saturated heterocycles. The molecule has 0 aliphatic rings. The Balaban J connectivity index is 1.84. The number of halogens is 2. The van der Waals surface area contributed by atoms with Gasteiger partial charge in [-0.15, -0.1) is 5.10 Å². The normalized spacial score (nSPS) is 10.8. The molecule has 0 saturated carbocycles. The molecular formula is C22H15F2N3O5. The van der Waals surface area contributed by atoms with E-state index in [-0.39, 0.29) is 22.8 Å². The van der Waals surface area contributed by atoms with Crippen LogP contribution in [0, 0.1) is 11.6 Å². The van der Waals surface area contributed by atoms with Crippen molar-refractivity contribution in [2.75, 3.05) is 14.2 Å². The predicted octanol–water partition coefficient (Wildman–Crippen LogP) is 3.62. The minimum Gasteiger partial charge on any atom is -0.496 e. The summed E-state index contributed by atoms with van der Waals surface area (Å²) in [6.07, 6.45) is 1.17. The number of rotatable bonds is 5. The van der Waals surface area contributed by atoms with Crippen LogP contribution in [0.1, 0.15) is 10.4 Å². The molecule has 0 bridgehead atoms. The molecule has 0 amide bonds. The summed E-state index contributed by atoms with van der Waals surface area (Å²) in [6.45, 7) is 0. The minimum absolute atomic E-state index is 0.0188. The molecule has 0 aliphatic heterocycles. The number of carbonyl (C=O) groups is 1. The van der Waals surface area contributed by atoms with Crippen molar-refractivity contribution in [2.45, 2.75) is 0 Å². The first kappa shape index (κ1) is 20.9. The highest BCUT2D eigenvalue weighted by atomic mass is 19.1. The van der Waals surface area contributed by atoms with Gasteiger partial charge in [0.05, 0.1) is 30.9 Å². The van der Waals surface area contributed by atoms with Crippen LogP contribution in [-0.2, 0) is 4.74 Å². The summed E-state index contributed by atoms with van der Waals surface area (Å²) in [5.41, 5.74) is 0.403. The van der Waals surface area contributed by atoms with Gasteiger partial charge in [0.25, 0.3) is 5.56 Å². The lowest BCUT2D eigenvalue weighted by atomic mass is 10.0. The smallest absolute Gasteiger partial charge is 0.337 e. The van der Waals surface area contributed by atoms with Crippen molar-refractivity contribution in [1.29, 1.82) is 0 Å². The van der Waals surface area contributed by atoms with Gasteiger partial charge in [-0.05, 0) is 36.4 Å². The van der Waals surface area contributed by atoms with Crippen LogP contribution in [0.25, 0.3) is 16.6 Å². The van der Waals surface area contributed by atoms with Crippen molar-refractivity contribution in [2.24, 2.45) is 0 Å². The number of aromatic nitrogens is 3. The number of methoxy groups -OCH3 is 2. The lowest BCUT2D eigenvalue weighted by molar-refractivity contribution is 0.0600. The van der Waals surface area contributed by atoms with Crippen molar-refractivity contribution in [3.8, 4) is 28.5 Å². The Morgan fingerprint density at radius 2 is 1.78 bits per heavy atom. The fourth-order valence-electron chi connectivity index (χ4n) is 3.11. The summed E-state index contributed by atoms with van der Waals surface area (Å²) in [5.74, 6) is -2.13. The zero-order chi connectivity index (χ0) is 22.8. The number of hydrogen-bond acceptors (Lipinski definition) is 7. The molecule has 0 atom stereocenters. The van der Waals surface area contributed by atoms with Crippen molar-refractivity contribution in [1.82, 2.24) is 14.6 Å². The molecule has 10 heteroatoms. The SMILES string of the molecule is COC(=O)c1ccc(OC)c(-c2c(=O)ncn3nc(Oc4ccc(F)cc4F)ccc23)c1. The lowest BCUT2D eigenvalue weighted by Gasteiger charge is -2.13. The highest BCUT2D eigenvalue weighted by Crippen LogP contribution is 2.32. The van der Waals surface area contributed by atoms with Crippen LogP contribution in [0.4, 0.5) is 8.78 Å². The van der Waals surface area contributed by atoms with E-state index < -0.39 is 23.2 Å². The molecule has 2 aromatic heterocycles. The van der Waals surface area contributed by atoms with E-state index in [1.54, 1.807) is 0 Å². The zero-order valence-corrected chi connectivity index (χ0v) is 16.8. The largest absolute Gasteiger partial charge is 0.496 e. The molecule has 0 spiro atoms. The van der Waals surface area contributed by atoms with Crippen molar-refractivity contribution in [3.05, 3.63) is 82.4 Å². The van der Waals surface area contributed by atoms with E-state index in [9.17, 15) is 18.4 Å². The third-order valence-electron chi connectivity index (χ3n) is 4.59. The Labute approximate surface area is 179 Å². The van der Waals surface area contributed by atoms with Crippen LogP contribution in [0.15, 0.2) is 59.7 Å². The molecule has 0 aliphatic carbocycles. The Morgan fingerprint density at radius 3 is 2.50 bits per heavy atom. The zero-order valence-electron chi connectivity index (χ0n) is 16.8. The van der Waals surface area contributed by atoms with E-state index in [1.165, 1.54) is 55.4 Å². The van der Waals surface area contributed by atoms with Crippen LogP contribution in [0.5, 0.6) is 17.4 Å². The first-order valence-electron chi connectivity index (χ1n) is 9.19. The van der Waals surface area contributed by atoms with Crippen molar-refractivity contribution >= 4 is 11.5 Å². The fraction of sp³-hybridized carbons (Fsp3) is 0.0909. The summed E-state index contributed by atoms with van der Waals surface area (Å²) in [6, 6.07) is 10.3. The number of nitrogens with zero attached hydrogens (tertiary/aromatic N) is 3. The Bertz CT molecular complexity index is 1400. The van der Waals surface area contributed by atoms with Crippen LogP contribution in [0.2, 0.25) is 0 Å². The molecular weight excluding hydrogens is 424 g/mol. The van der Waals surface area contributed by atoms with Crippen LogP contribution in [0.3, 0.4) is 0 Å². The van der Waals surface area contributed by atoms with E-state index in [0.717, 1.165) is 12.1 Å². The maximum absolute atomic E-state index is 13.9. The Hall–Kier alpha value is -4.34. The Morgan fingerprint density at radius 1 is 1.00 bits per heavy atom. The number of ether oxygens (including phenoxy) is 3. The van der Waals surface area contributed by atoms with Crippen LogP contribution in [-0.4, -0.2) is 34.8 Å². The average molecular weight is 439 g/mol. The predicted molar refractivity (Wildman–Crippen MR) is 109 cm³/mol. The van der Waals surface area contributed by atoms with E-state index in [1.807, 2.05) is 0 Å². The third kappa shape index (κ3) is 3.85. The van der Waals surface area contributed by atoms with E-state index >= 15 is 0 Å². The molecule has 8 nitrogen and oxygen atoms in total. The number of carbonyl (C=O) groups excluding carboxylic acids is 1. The van der Waals surface area contributed by atoms with E-state index in [2.05, 4.69) is 10.1 Å². The number of hydrogen-bond donors (Lipinski definition) is 0. The first-order chi connectivity index (χ1) is 15.4. The molecule has 0 N–H and O–H groups in total. The molecule has 162 valence electrons. The highest BCUT2D eigenvalue weighted by Gasteiger charge is 2.18. The summed E-state index contributed by atoms with van der Waals surface area (Å²) in [4.78, 5) is 28.5. The maximum Gasteiger partial charge on any atom is 0.337 e. The molecule has 4 aromatic rings. The molecule has 32 heavy (non-hydrogen) atoms. The second kappa shape index (κ2) is 8.42. The topological polar surface area (TPSA) is 92.0 Å². The quantitative estimate of drug-likeness (QED) is 0.439. The van der Waals surface area contributed by atoms with Gasteiger partial charge in [0.2, 0.25) is 5.88 Å². The molecule has 2 aromatic carbocycles. The molecule has 2 heterocycles. The van der Waals surface area contributed by atoms with Gasteiger partial charge >= 0.3 is 5.97 Å². The molecule has 0 fully saturated rings. The van der Waals surface area contributed by atoms with E-state index in [4.69, 9.17) is 14.2 Å². The van der Waals surface area contributed by atoms with Crippen molar-refractivity contribution in [3.63, 3.8) is 0 Å². The molecule has 0 radical (unpaired) electrons. The van der Waals surface area contributed by atoms with Gasteiger partial charge in [-0.2, -0.15) is 4.98 Å². The average Bonchev–Trinajstić information content (AvgIpc) is 2.80. The van der Waals surface area contributed by atoms with Crippen molar-refractivity contribution < 1.29 is 27.8 Å². The van der Waals surface area contributed by atoms with Gasteiger partial charge in [0.15, 0.2) is 11.6 Å². The van der Waals surface area contributed by atoms with Gasteiger partial charge in [0, 0.05) is 17.7 Å². The Kier molecular flexibility index (Phi) is 5.50. The van der Waals surface area contributed by atoms with Gasteiger partial charge in [-0.3, -0.25) is 4.79 Å². The number of benzene rings is 2. The first-order valence-corrected chi connectivity index (χ1v) is 9.19. The monoisotopic (exact) mass is 439 g/mol. The van der Waals surface area contributed by atoms with Gasteiger partial charge < -0.3 is 14.2 Å². The third-order valence-corrected chi connectivity index (χ3v) is 4.59. The van der Waals surface area contributed by atoms with Gasteiger partial charge in [-0.1, -0.05) is 0 Å².